The van der Waals surface area contributed by atoms with Gasteiger partial charge in [0.2, 0.25) is 5.88 Å². The van der Waals surface area contributed by atoms with E-state index >= 15 is 4.39 Å². The Morgan fingerprint density at radius 2 is 1.85 bits per heavy atom. The van der Waals surface area contributed by atoms with Crippen LogP contribution >= 0.6 is 11.8 Å². The van der Waals surface area contributed by atoms with Gasteiger partial charge in [0.15, 0.2) is 11.7 Å². The molecule has 1 aromatic heterocycles. The van der Waals surface area contributed by atoms with E-state index in [9.17, 15) is 14.0 Å². The smallest absolute Gasteiger partial charge is 0.324 e. The number of benzene rings is 2. The van der Waals surface area contributed by atoms with E-state index in [2.05, 4.69) is 4.98 Å². The molecular weight excluding hydrogens is 534 g/mol. The van der Waals surface area contributed by atoms with Crippen molar-refractivity contribution in [1.29, 1.82) is 0 Å². The van der Waals surface area contributed by atoms with E-state index in [1.54, 1.807) is 57.3 Å². The van der Waals surface area contributed by atoms with Crippen LogP contribution in [0.1, 0.15) is 47.8 Å². The Balaban J connectivity index is 1.71. The van der Waals surface area contributed by atoms with Gasteiger partial charge in [-0.2, -0.15) is 0 Å². The Morgan fingerprint density at radius 3 is 2.52 bits per heavy atom. The van der Waals surface area contributed by atoms with Gasteiger partial charge in [-0.15, -0.1) is 11.8 Å². The molecule has 2 aromatic carbocycles. The van der Waals surface area contributed by atoms with Crippen LogP contribution in [-0.2, 0) is 27.9 Å². The average Bonchev–Trinajstić information content (AvgIpc) is 2.91. The Labute approximate surface area is 236 Å². The highest BCUT2D eigenvalue weighted by Gasteiger charge is 2.51. The highest BCUT2D eigenvalue weighted by molar-refractivity contribution is 8.14. The minimum atomic E-state index is -1.34. The summed E-state index contributed by atoms with van der Waals surface area (Å²) < 4.78 is 40.8. The number of halogens is 2. The number of carbonyl (C=O) groups is 2. The van der Waals surface area contributed by atoms with Crippen LogP contribution in [0.15, 0.2) is 65.8 Å². The molecule has 1 unspecified atom stereocenters. The second-order valence-electron chi connectivity index (χ2n) is 11.0. The first kappa shape index (κ1) is 28.0. The molecule has 5 rings (SSSR count). The average molecular weight is 565 g/mol. The molecule has 0 amide bonds. The summed E-state index contributed by atoms with van der Waals surface area (Å²) in [4.78, 5) is 36.9. The van der Waals surface area contributed by atoms with Crippen LogP contribution in [-0.4, -0.2) is 40.2 Å². The molecular formula is C31H30F2N2O4S. The third kappa shape index (κ3) is 5.27. The van der Waals surface area contributed by atoms with Crippen molar-refractivity contribution < 1.29 is 27.8 Å². The number of fused-ring (bicyclic) bond motifs is 2. The number of pyridine rings is 1. The SMILES string of the molecule is COc1nccc2c1C[C@]1(c3ccc(F)cc3F)N=C(C(C(=O)OC(C)(C)C)C(=O)c3ccccc3)SC[C@@H]1C2. The van der Waals surface area contributed by atoms with E-state index < -0.39 is 40.4 Å². The van der Waals surface area contributed by atoms with Gasteiger partial charge in [-0.05, 0) is 44.9 Å². The maximum absolute atomic E-state index is 15.6. The molecule has 9 heteroatoms. The summed E-state index contributed by atoms with van der Waals surface area (Å²) in [5.41, 5.74) is 0.243. The Hall–Kier alpha value is -3.59. The van der Waals surface area contributed by atoms with E-state index in [0.29, 0.717) is 23.6 Å². The summed E-state index contributed by atoms with van der Waals surface area (Å²) in [5, 5.41) is 0.245. The fraction of sp³-hybridized carbons (Fsp3) is 0.355. The van der Waals surface area contributed by atoms with Crippen LogP contribution in [0.25, 0.3) is 0 Å². The Morgan fingerprint density at radius 1 is 1.10 bits per heavy atom. The number of esters is 1. The number of hydrogen-bond acceptors (Lipinski definition) is 7. The van der Waals surface area contributed by atoms with Gasteiger partial charge in [-0.25, -0.2) is 13.8 Å². The van der Waals surface area contributed by atoms with E-state index in [1.165, 1.54) is 31.0 Å². The van der Waals surface area contributed by atoms with Gasteiger partial charge < -0.3 is 9.47 Å². The molecule has 1 aliphatic carbocycles. The maximum atomic E-state index is 15.6. The molecule has 0 fully saturated rings. The van der Waals surface area contributed by atoms with Gasteiger partial charge in [0.05, 0.1) is 17.7 Å². The zero-order chi connectivity index (χ0) is 28.7. The van der Waals surface area contributed by atoms with Crippen molar-refractivity contribution in [3.63, 3.8) is 0 Å². The number of methoxy groups -OCH3 is 1. The van der Waals surface area contributed by atoms with Crippen LogP contribution in [0.4, 0.5) is 8.78 Å². The first-order valence-corrected chi connectivity index (χ1v) is 14.0. The lowest BCUT2D eigenvalue weighted by atomic mass is 9.67. The number of hydrogen-bond donors (Lipinski definition) is 0. The number of thioether (sulfide) groups is 1. The molecule has 3 aromatic rings. The van der Waals surface area contributed by atoms with Crippen molar-refractivity contribution in [1.82, 2.24) is 4.98 Å². The van der Waals surface area contributed by atoms with Crippen molar-refractivity contribution in [2.45, 2.75) is 44.8 Å². The zero-order valence-corrected chi connectivity index (χ0v) is 23.6. The van der Waals surface area contributed by atoms with Crippen molar-refractivity contribution in [2.24, 2.45) is 16.8 Å². The highest BCUT2D eigenvalue weighted by Crippen LogP contribution is 2.51. The fourth-order valence-corrected chi connectivity index (χ4v) is 6.83. The van der Waals surface area contributed by atoms with Crippen molar-refractivity contribution in [3.05, 3.63) is 94.7 Å². The second kappa shape index (κ2) is 10.8. The largest absolute Gasteiger partial charge is 0.481 e. The van der Waals surface area contributed by atoms with Crippen LogP contribution < -0.4 is 4.74 Å². The van der Waals surface area contributed by atoms with E-state index in [1.807, 2.05) is 6.07 Å². The lowest BCUT2D eigenvalue weighted by Gasteiger charge is -2.46. The standard InChI is InChI=1S/C31H30F2N2O4S/c1-30(2,3)39-29(37)25(26(36)18-8-6-5-7-9-18)28-35-31(23-11-10-21(32)15-24(23)33)16-22-19(14-20(31)17-40-28)12-13-34-27(22)38-4/h5-13,15,20,25H,14,16-17H2,1-4H3/t20-,25?,31-/m0/s1. The van der Waals surface area contributed by atoms with Gasteiger partial charge in [0, 0.05) is 47.0 Å². The normalized spacial score (nSPS) is 20.9. The number of ether oxygens (including phenoxy) is 2. The molecule has 0 saturated carbocycles. The zero-order valence-electron chi connectivity index (χ0n) is 22.7. The number of carbonyl (C=O) groups excluding carboxylic acids is 2. The Kier molecular flexibility index (Phi) is 7.52. The molecule has 2 heterocycles. The summed E-state index contributed by atoms with van der Waals surface area (Å²) in [7, 11) is 1.52. The number of nitrogens with zero attached hydrogens (tertiary/aromatic N) is 2. The lowest BCUT2D eigenvalue weighted by molar-refractivity contribution is -0.155. The maximum Gasteiger partial charge on any atom is 0.324 e. The number of ketones is 1. The topological polar surface area (TPSA) is 77.8 Å². The predicted molar refractivity (Wildman–Crippen MR) is 150 cm³/mol. The van der Waals surface area contributed by atoms with Crippen LogP contribution in [0.5, 0.6) is 5.88 Å². The van der Waals surface area contributed by atoms with Gasteiger partial charge >= 0.3 is 5.97 Å². The van der Waals surface area contributed by atoms with Crippen molar-refractivity contribution >= 4 is 28.6 Å². The van der Waals surface area contributed by atoms with E-state index in [4.69, 9.17) is 14.5 Å². The van der Waals surface area contributed by atoms with Gasteiger partial charge in [0.25, 0.3) is 0 Å². The van der Waals surface area contributed by atoms with Gasteiger partial charge in [0.1, 0.15) is 17.2 Å². The first-order valence-electron chi connectivity index (χ1n) is 13.0. The summed E-state index contributed by atoms with van der Waals surface area (Å²) in [5.74, 6) is -3.31. The minimum Gasteiger partial charge on any atom is -0.481 e. The van der Waals surface area contributed by atoms with Crippen LogP contribution in [0.2, 0.25) is 0 Å². The molecule has 0 saturated heterocycles. The summed E-state index contributed by atoms with van der Waals surface area (Å²) in [6, 6.07) is 13.9. The molecule has 0 N–H and O–H groups in total. The summed E-state index contributed by atoms with van der Waals surface area (Å²) >= 11 is 1.31. The third-order valence-corrected chi connectivity index (χ3v) is 8.44. The molecule has 6 nitrogen and oxygen atoms in total. The summed E-state index contributed by atoms with van der Waals surface area (Å²) in [6.07, 6.45) is 2.42. The number of aromatic nitrogens is 1. The fourth-order valence-electron chi connectivity index (χ4n) is 5.47. The van der Waals surface area contributed by atoms with Crippen LogP contribution in [0.3, 0.4) is 0 Å². The van der Waals surface area contributed by atoms with E-state index in [0.717, 1.165) is 17.2 Å². The summed E-state index contributed by atoms with van der Waals surface area (Å²) in [6.45, 7) is 5.19. The molecule has 0 spiro atoms. The number of rotatable bonds is 6. The lowest BCUT2D eigenvalue weighted by Crippen LogP contribution is -2.48. The van der Waals surface area contributed by atoms with Crippen LogP contribution in [0, 0.1) is 23.5 Å². The molecule has 208 valence electrons. The van der Waals surface area contributed by atoms with E-state index in [-0.39, 0.29) is 22.9 Å². The molecule has 0 radical (unpaired) electrons. The van der Waals surface area contributed by atoms with Gasteiger partial charge in [-0.3, -0.25) is 14.6 Å². The second-order valence-corrected chi connectivity index (χ2v) is 12.1. The predicted octanol–water partition coefficient (Wildman–Crippen LogP) is 5.96. The Bertz CT molecular complexity index is 1490. The monoisotopic (exact) mass is 564 g/mol. The van der Waals surface area contributed by atoms with Crippen molar-refractivity contribution in [2.75, 3.05) is 12.9 Å². The number of aliphatic imine (C=N–C) groups is 1. The number of Topliss-reactive ketones (excluding diaryl/α,β-unsaturated/α-hetero) is 1. The van der Waals surface area contributed by atoms with Gasteiger partial charge in [-0.1, -0.05) is 36.4 Å². The molecule has 1 aliphatic heterocycles. The third-order valence-electron chi connectivity index (χ3n) is 7.24. The quantitative estimate of drug-likeness (QED) is 0.209. The highest BCUT2D eigenvalue weighted by atomic mass is 32.2. The molecule has 0 bridgehead atoms. The van der Waals surface area contributed by atoms with Crippen molar-refractivity contribution in [3.8, 4) is 5.88 Å². The molecule has 3 atom stereocenters. The molecule has 2 aliphatic rings. The molecule has 40 heavy (non-hydrogen) atoms. The minimum absolute atomic E-state index is 0.198. The first-order chi connectivity index (χ1) is 19.0.